The van der Waals surface area contributed by atoms with E-state index in [1.807, 2.05) is 36.4 Å². The van der Waals surface area contributed by atoms with Gasteiger partial charge in [-0.25, -0.2) is 0 Å². The van der Waals surface area contributed by atoms with Gasteiger partial charge in [0.25, 0.3) is 11.5 Å². The zero-order valence-electron chi connectivity index (χ0n) is 12.7. The summed E-state index contributed by atoms with van der Waals surface area (Å²) in [6, 6.07) is 19.7. The average molecular weight is 315 g/mol. The van der Waals surface area contributed by atoms with Crippen molar-refractivity contribution in [2.24, 2.45) is 0 Å². The Hall–Kier alpha value is -3.40. The third-order valence-electron chi connectivity index (χ3n) is 3.86. The van der Waals surface area contributed by atoms with Crippen LogP contribution in [-0.4, -0.2) is 5.78 Å². The molecule has 1 aliphatic rings. The number of para-hydroxylation sites is 1. The Balaban J connectivity index is 1.74. The first-order valence-corrected chi connectivity index (χ1v) is 7.54. The molecular weight excluding hydrogens is 302 g/mol. The van der Waals surface area contributed by atoms with E-state index in [9.17, 15) is 9.90 Å². The molecular formula is C20H13NO3. The monoisotopic (exact) mass is 315 g/mol. The molecule has 2 aromatic carbocycles. The van der Waals surface area contributed by atoms with Crippen molar-refractivity contribution in [3.05, 3.63) is 90.3 Å². The standard InChI is InChI=1S/C20H13NO3/c22-19-16-10-9-15(24-14-7-3-1-4-8-14)13-17(16)20(23)18(19)21-11-5-2-6-12-21/h1-13H. The minimum atomic E-state index is -0.287. The lowest BCUT2D eigenvalue weighted by Gasteiger charge is -2.10. The summed E-state index contributed by atoms with van der Waals surface area (Å²) >= 11 is 0. The van der Waals surface area contributed by atoms with Crippen molar-refractivity contribution in [3.8, 4) is 11.5 Å². The van der Waals surface area contributed by atoms with Crippen molar-refractivity contribution in [1.82, 2.24) is 0 Å². The predicted octanol–water partition coefficient (Wildman–Crippen LogP) is 2.65. The highest BCUT2D eigenvalue weighted by atomic mass is 16.5. The number of benzene rings is 2. The van der Waals surface area contributed by atoms with Crippen LogP contribution in [0.3, 0.4) is 0 Å². The van der Waals surface area contributed by atoms with Crippen molar-refractivity contribution in [3.63, 3.8) is 0 Å². The van der Waals surface area contributed by atoms with Crippen LogP contribution in [-0.2, 0) is 0 Å². The molecule has 4 nitrogen and oxygen atoms in total. The minimum absolute atomic E-state index is 0.141. The van der Waals surface area contributed by atoms with Gasteiger partial charge in [-0.15, -0.1) is 0 Å². The van der Waals surface area contributed by atoms with Crippen LogP contribution >= 0.6 is 0 Å². The molecule has 0 saturated heterocycles. The number of hydrogen-bond acceptors (Lipinski definition) is 3. The molecule has 0 N–H and O–H groups in total. The molecule has 24 heavy (non-hydrogen) atoms. The van der Waals surface area contributed by atoms with E-state index in [1.54, 1.807) is 47.3 Å². The van der Waals surface area contributed by atoms with Crippen LogP contribution in [0.1, 0.15) is 15.9 Å². The summed E-state index contributed by atoms with van der Waals surface area (Å²) in [6.07, 6.45) is 3.39. The van der Waals surface area contributed by atoms with E-state index in [1.165, 1.54) is 0 Å². The fraction of sp³-hybridized carbons (Fsp3) is 0. The number of ether oxygens (including phenoxy) is 1. The molecule has 0 saturated carbocycles. The summed E-state index contributed by atoms with van der Waals surface area (Å²) in [5.74, 6) is 0.651. The van der Waals surface area contributed by atoms with Gasteiger partial charge in [0.05, 0.1) is 0 Å². The van der Waals surface area contributed by atoms with Crippen LogP contribution < -0.4 is 14.4 Å². The lowest BCUT2D eigenvalue weighted by atomic mass is 10.1. The Morgan fingerprint density at radius 1 is 0.792 bits per heavy atom. The molecule has 0 radical (unpaired) electrons. The van der Waals surface area contributed by atoms with Crippen LogP contribution in [0.15, 0.2) is 79.1 Å². The lowest BCUT2D eigenvalue weighted by molar-refractivity contribution is -0.578. The number of carbonyl (C=O) groups excluding carboxylic acids is 1. The number of fused-ring (bicyclic) bond motifs is 1. The van der Waals surface area contributed by atoms with E-state index in [4.69, 9.17) is 4.74 Å². The molecule has 0 unspecified atom stereocenters. The Labute approximate surface area is 138 Å². The molecule has 0 aliphatic heterocycles. The molecule has 1 aliphatic carbocycles. The molecule has 0 spiro atoms. The number of rotatable bonds is 3. The van der Waals surface area contributed by atoms with E-state index >= 15 is 0 Å². The van der Waals surface area contributed by atoms with Crippen LogP contribution in [0.5, 0.6) is 11.5 Å². The van der Waals surface area contributed by atoms with Crippen molar-refractivity contribution in [1.29, 1.82) is 0 Å². The molecule has 116 valence electrons. The van der Waals surface area contributed by atoms with Gasteiger partial charge in [-0.05, 0) is 41.7 Å². The quantitative estimate of drug-likeness (QED) is 0.698. The molecule has 0 atom stereocenters. The number of aromatic nitrogens is 1. The zero-order valence-corrected chi connectivity index (χ0v) is 12.7. The number of pyridine rings is 1. The second-order valence-electron chi connectivity index (χ2n) is 5.41. The average Bonchev–Trinajstić information content (AvgIpc) is 2.87. The fourth-order valence-corrected chi connectivity index (χ4v) is 2.74. The Morgan fingerprint density at radius 3 is 2.25 bits per heavy atom. The maximum Gasteiger partial charge on any atom is 0.257 e. The number of ketones is 1. The number of carbonyl (C=O) groups is 1. The number of hydrogen-bond donors (Lipinski definition) is 0. The van der Waals surface area contributed by atoms with Crippen molar-refractivity contribution >= 4 is 17.2 Å². The first kappa shape index (κ1) is 14.2. The van der Waals surface area contributed by atoms with Crippen molar-refractivity contribution < 1.29 is 19.2 Å². The van der Waals surface area contributed by atoms with Gasteiger partial charge < -0.3 is 9.84 Å². The topological polar surface area (TPSA) is 53.2 Å². The van der Waals surface area contributed by atoms with Crippen LogP contribution in [0, 0.1) is 0 Å². The van der Waals surface area contributed by atoms with Crippen molar-refractivity contribution in [2.45, 2.75) is 0 Å². The highest BCUT2D eigenvalue weighted by Gasteiger charge is 2.32. The molecule has 1 heterocycles. The first-order chi connectivity index (χ1) is 11.7. The van der Waals surface area contributed by atoms with Gasteiger partial charge in [-0.2, -0.15) is 4.57 Å². The molecule has 0 bridgehead atoms. The van der Waals surface area contributed by atoms with Gasteiger partial charge in [0.1, 0.15) is 11.5 Å². The van der Waals surface area contributed by atoms with E-state index in [0.717, 1.165) is 0 Å². The molecule has 1 aromatic heterocycles. The second kappa shape index (κ2) is 5.66. The summed E-state index contributed by atoms with van der Waals surface area (Å²) in [5.41, 5.74) is 0.925. The van der Waals surface area contributed by atoms with Gasteiger partial charge in [0, 0.05) is 17.7 Å². The van der Waals surface area contributed by atoms with Gasteiger partial charge >= 0.3 is 0 Å². The SMILES string of the molecule is O=C1C([n+]2ccccc2)=C([O-])c2cc(Oc3ccccc3)ccc21. The summed E-state index contributed by atoms with van der Waals surface area (Å²) < 4.78 is 7.31. The van der Waals surface area contributed by atoms with Crippen LogP contribution in [0.25, 0.3) is 11.5 Å². The summed E-state index contributed by atoms with van der Waals surface area (Å²) in [6.45, 7) is 0. The van der Waals surface area contributed by atoms with E-state index in [-0.39, 0.29) is 17.2 Å². The Morgan fingerprint density at radius 2 is 1.50 bits per heavy atom. The molecule has 0 amide bonds. The van der Waals surface area contributed by atoms with Crippen LogP contribution in [0.2, 0.25) is 0 Å². The first-order valence-electron chi connectivity index (χ1n) is 7.54. The van der Waals surface area contributed by atoms with Gasteiger partial charge in [-0.3, -0.25) is 4.79 Å². The summed E-state index contributed by atoms with van der Waals surface area (Å²) in [7, 11) is 0. The maximum atomic E-state index is 12.7. The van der Waals surface area contributed by atoms with Gasteiger partial charge in [-0.1, -0.05) is 24.3 Å². The summed E-state index contributed by atoms with van der Waals surface area (Å²) in [4.78, 5) is 12.6. The second-order valence-corrected chi connectivity index (χ2v) is 5.41. The number of nitrogens with zero attached hydrogens (tertiary/aromatic N) is 1. The van der Waals surface area contributed by atoms with Gasteiger partial charge in [0.2, 0.25) is 0 Å². The smallest absolute Gasteiger partial charge is 0.257 e. The van der Waals surface area contributed by atoms with E-state index in [2.05, 4.69) is 0 Å². The highest BCUT2D eigenvalue weighted by Crippen LogP contribution is 2.33. The third kappa shape index (κ3) is 2.34. The molecule has 4 rings (SSSR count). The third-order valence-corrected chi connectivity index (χ3v) is 3.86. The largest absolute Gasteiger partial charge is 0.867 e. The Kier molecular flexibility index (Phi) is 3.35. The van der Waals surface area contributed by atoms with E-state index in [0.29, 0.717) is 22.6 Å². The normalized spacial score (nSPS) is 13.1. The fourth-order valence-electron chi connectivity index (χ4n) is 2.74. The zero-order chi connectivity index (χ0) is 16.5. The van der Waals surface area contributed by atoms with Crippen molar-refractivity contribution in [2.75, 3.05) is 0 Å². The van der Waals surface area contributed by atoms with E-state index < -0.39 is 0 Å². The summed E-state index contributed by atoms with van der Waals surface area (Å²) in [5, 5.41) is 12.7. The highest BCUT2D eigenvalue weighted by molar-refractivity contribution is 6.32. The molecule has 3 aromatic rings. The molecule has 0 fully saturated rings. The molecule has 4 heteroatoms. The van der Waals surface area contributed by atoms with Gasteiger partial charge in [0.15, 0.2) is 12.4 Å². The maximum absolute atomic E-state index is 12.7. The van der Waals surface area contributed by atoms with Crippen LogP contribution in [0.4, 0.5) is 0 Å². The lowest BCUT2D eigenvalue weighted by Crippen LogP contribution is -2.35. The Bertz CT molecular complexity index is 947. The number of Topliss-reactive ketones (excluding diaryl/α,β-unsaturated/α-hetero) is 1. The minimum Gasteiger partial charge on any atom is -0.867 e. The predicted molar refractivity (Wildman–Crippen MR) is 87.0 cm³/mol. The number of allylic oxidation sites excluding steroid dienone is 1.